The number of nitro groups is 1. The molecule has 0 spiro atoms. The second-order valence-corrected chi connectivity index (χ2v) is 10.6. The first-order chi connectivity index (χ1) is 19.1. The summed E-state index contributed by atoms with van der Waals surface area (Å²) in [6.07, 6.45) is 1.76. The Bertz CT molecular complexity index is 1390. The van der Waals surface area contributed by atoms with E-state index in [1.54, 1.807) is 6.07 Å². The predicted molar refractivity (Wildman–Crippen MR) is 149 cm³/mol. The van der Waals surface area contributed by atoms with Crippen molar-refractivity contribution in [2.24, 2.45) is 17.8 Å². The van der Waals surface area contributed by atoms with Crippen molar-refractivity contribution in [3.05, 3.63) is 79.9 Å². The minimum Gasteiger partial charge on any atom is -0.508 e. The highest BCUT2D eigenvalue weighted by Gasteiger charge is 2.55. The number of non-ortho nitro benzene ring substituents is 1. The smallest absolute Gasteiger partial charge is 0.271 e. The number of anilines is 1. The largest absolute Gasteiger partial charge is 0.508 e. The van der Waals surface area contributed by atoms with E-state index in [0.29, 0.717) is 22.6 Å². The Kier molecular flexibility index (Phi) is 9.05. The van der Waals surface area contributed by atoms with Gasteiger partial charge in [-0.3, -0.25) is 19.7 Å². The molecule has 11 heteroatoms. The van der Waals surface area contributed by atoms with E-state index in [-0.39, 0.29) is 36.6 Å². The summed E-state index contributed by atoms with van der Waals surface area (Å²) in [6.45, 7) is 1.53. The zero-order valence-electron chi connectivity index (χ0n) is 22.1. The molecule has 0 unspecified atom stereocenters. The summed E-state index contributed by atoms with van der Waals surface area (Å²) < 4.78 is 5.36. The second-order valence-electron chi connectivity index (χ2n) is 10.2. The van der Waals surface area contributed by atoms with Crippen LogP contribution in [0.25, 0.3) is 6.08 Å². The van der Waals surface area contributed by atoms with E-state index in [9.17, 15) is 35.0 Å². The number of aromatic hydroxyl groups is 1. The number of carbonyl (C=O) groups is 2. The molecule has 3 N–H and O–H groups in total. The summed E-state index contributed by atoms with van der Waals surface area (Å²) in [5, 5.41) is 43.0. The Balaban J connectivity index is 1.60. The lowest BCUT2D eigenvalue weighted by Gasteiger charge is -2.36. The lowest BCUT2D eigenvalue weighted by atomic mass is 9.68. The molecule has 2 aliphatic rings. The minimum absolute atomic E-state index is 0.0578. The van der Waals surface area contributed by atoms with Gasteiger partial charge in [-0.15, -0.1) is 0 Å². The Hall–Kier alpha value is -3.57. The minimum atomic E-state index is -1.02. The molecule has 212 valence electrons. The monoisotopic (exact) mass is 570 g/mol. The highest BCUT2D eigenvalue weighted by atomic mass is 35.5. The Morgan fingerprint density at radius 1 is 1.25 bits per heavy atom. The number of rotatable bonds is 10. The fraction of sp³-hybridized carbons (Fsp3) is 0.379. The summed E-state index contributed by atoms with van der Waals surface area (Å²) in [5.41, 5.74) is 2.62. The fourth-order valence-electron chi connectivity index (χ4n) is 5.76. The van der Waals surface area contributed by atoms with Crippen molar-refractivity contribution in [1.82, 2.24) is 0 Å². The molecule has 0 bridgehead atoms. The van der Waals surface area contributed by atoms with Crippen LogP contribution in [-0.4, -0.2) is 58.5 Å². The van der Waals surface area contributed by atoms with Crippen molar-refractivity contribution in [2.75, 3.05) is 25.2 Å². The lowest BCUT2D eigenvalue weighted by Crippen LogP contribution is -2.39. The molecule has 0 aromatic heterocycles. The maximum Gasteiger partial charge on any atom is 0.271 e. The first-order valence-corrected chi connectivity index (χ1v) is 13.2. The van der Waals surface area contributed by atoms with Crippen molar-refractivity contribution in [2.45, 2.75) is 32.3 Å². The number of phenols is 1. The Morgan fingerprint density at radius 2 is 2.00 bits per heavy atom. The molecule has 1 heterocycles. The van der Waals surface area contributed by atoms with Crippen molar-refractivity contribution < 1.29 is 34.6 Å². The number of aliphatic hydroxyl groups is 2. The van der Waals surface area contributed by atoms with Crippen molar-refractivity contribution in [3.8, 4) is 5.75 Å². The van der Waals surface area contributed by atoms with Gasteiger partial charge in [-0.1, -0.05) is 29.3 Å². The fourth-order valence-corrected chi connectivity index (χ4v) is 5.99. The number of allylic oxidation sites excluding steroid dienone is 1. The molecular weight excluding hydrogens is 540 g/mol. The normalized spacial score (nSPS) is 22.1. The SMILES string of the molecule is COCC1=C([C@H](O)CC/C(C)=C/c2ccc(O)cc2Cl)[C@H](CO)[C@@H]2C(=O)N(c3cccc([N+](=O)[O-])c3)C(=O)[C@@H]2C1. The Morgan fingerprint density at radius 3 is 2.65 bits per heavy atom. The number of nitrogens with zero attached hydrogens (tertiary/aromatic N) is 2. The number of nitro benzene ring substituents is 1. The van der Waals surface area contributed by atoms with Gasteiger partial charge in [0.15, 0.2) is 0 Å². The summed E-state index contributed by atoms with van der Waals surface area (Å²) in [7, 11) is 1.49. The van der Waals surface area contributed by atoms with Crippen LogP contribution in [-0.2, 0) is 14.3 Å². The van der Waals surface area contributed by atoms with E-state index in [4.69, 9.17) is 16.3 Å². The molecular formula is C29H31ClN2O8. The highest BCUT2D eigenvalue weighted by molar-refractivity contribution is 6.32. The average molecular weight is 571 g/mol. The molecule has 1 aliphatic heterocycles. The molecule has 0 radical (unpaired) electrons. The number of halogens is 1. The quantitative estimate of drug-likeness (QED) is 0.166. The molecule has 2 aromatic rings. The number of amides is 2. The van der Waals surface area contributed by atoms with Gasteiger partial charge in [0.1, 0.15) is 5.75 Å². The maximum absolute atomic E-state index is 13.6. The zero-order chi connectivity index (χ0) is 29.1. The molecule has 4 rings (SSSR count). The maximum atomic E-state index is 13.6. The van der Waals surface area contributed by atoms with Gasteiger partial charge in [-0.2, -0.15) is 0 Å². The van der Waals surface area contributed by atoms with Gasteiger partial charge < -0.3 is 20.1 Å². The second kappa shape index (κ2) is 12.3. The number of fused-ring (bicyclic) bond motifs is 1. The van der Waals surface area contributed by atoms with Crippen molar-refractivity contribution in [1.29, 1.82) is 0 Å². The number of benzene rings is 2. The third kappa shape index (κ3) is 5.80. The lowest BCUT2D eigenvalue weighted by molar-refractivity contribution is -0.384. The molecule has 0 saturated carbocycles. The molecule has 2 amide bonds. The first kappa shape index (κ1) is 29.4. The van der Waals surface area contributed by atoms with Crippen LogP contribution in [0.15, 0.2) is 59.2 Å². The molecule has 40 heavy (non-hydrogen) atoms. The summed E-state index contributed by atoms with van der Waals surface area (Å²) in [4.78, 5) is 38.7. The molecule has 2 aromatic carbocycles. The van der Waals surface area contributed by atoms with Crippen molar-refractivity contribution in [3.63, 3.8) is 0 Å². The van der Waals surface area contributed by atoms with Crippen LogP contribution >= 0.6 is 11.6 Å². The van der Waals surface area contributed by atoms with Gasteiger partial charge in [0.05, 0.1) is 46.8 Å². The van der Waals surface area contributed by atoms with Gasteiger partial charge in [0.25, 0.3) is 5.69 Å². The summed E-state index contributed by atoms with van der Waals surface area (Å²) in [5.74, 6) is -3.54. The topological polar surface area (TPSA) is 150 Å². The standard InChI is InChI=1S/C29H31ClN2O8/c1-16(10-17-7-8-21(34)13-24(17)30)6-9-25(35)26-18(15-40-2)11-22-27(23(26)14-33)29(37)31(28(22)36)19-4-3-5-20(12-19)32(38)39/h3-5,7-8,10,12-13,22-23,25,27,33-35H,6,9,11,14-15H2,1-2H3/b16-10+/t22-,23+,25-,27-/m1/s1. The summed E-state index contributed by atoms with van der Waals surface area (Å²) >= 11 is 6.21. The van der Waals surface area contributed by atoms with E-state index >= 15 is 0 Å². The average Bonchev–Trinajstić information content (AvgIpc) is 3.17. The Labute approximate surface area is 236 Å². The van der Waals surface area contributed by atoms with Crippen LogP contribution in [0.3, 0.4) is 0 Å². The molecule has 1 fully saturated rings. The van der Waals surface area contributed by atoms with Crippen molar-refractivity contribution >= 4 is 40.9 Å². The number of imide groups is 1. The van der Waals surface area contributed by atoms with E-state index in [2.05, 4.69) is 0 Å². The van der Waals surface area contributed by atoms with E-state index < -0.39 is 47.2 Å². The van der Waals surface area contributed by atoms with Gasteiger partial charge in [-0.25, -0.2) is 4.90 Å². The van der Waals surface area contributed by atoms with Gasteiger partial charge in [0, 0.05) is 25.2 Å². The van der Waals surface area contributed by atoms with Gasteiger partial charge >= 0.3 is 0 Å². The molecule has 1 aliphatic carbocycles. The first-order valence-electron chi connectivity index (χ1n) is 12.8. The van der Waals surface area contributed by atoms with Crippen LogP contribution < -0.4 is 4.90 Å². The third-order valence-corrected chi connectivity index (χ3v) is 7.88. The number of hydrogen-bond acceptors (Lipinski definition) is 8. The van der Waals surface area contributed by atoms with Crippen LogP contribution in [0, 0.1) is 27.9 Å². The number of methoxy groups -OCH3 is 1. The van der Waals surface area contributed by atoms with Crippen LogP contribution in [0.5, 0.6) is 5.75 Å². The van der Waals surface area contributed by atoms with E-state index in [0.717, 1.165) is 16.0 Å². The van der Waals surface area contributed by atoms with Crippen LogP contribution in [0.1, 0.15) is 31.7 Å². The van der Waals surface area contributed by atoms with E-state index in [1.807, 2.05) is 13.0 Å². The number of ether oxygens (including phenoxy) is 1. The third-order valence-electron chi connectivity index (χ3n) is 7.56. The molecule has 4 atom stereocenters. The van der Waals surface area contributed by atoms with E-state index in [1.165, 1.54) is 43.5 Å². The number of phenolic OH excluding ortho intramolecular Hbond substituents is 1. The number of carbonyl (C=O) groups excluding carboxylic acids is 2. The highest BCUT2D eigenvalue weighted by Crippen LogP contribution is 2.47. The van der Waals surface area contributed by atoms with Gasteiger partial charge in [-0.05, 0) is 67.2 Å². The summed E-state index contributed by atoms with van der Waals surface area (Å²) in [6, 6.07) is 9.98. The number of hydrogen-bond donors (Lipinski definition) is 3. The molecule has 10 nitrogen and oxygen atoms in total. The zero-order valence-corrected chi connectivity index (χ0v) is 22.9. The van der Waals surface area contributed by atoms with Crippen LogP contribution in [0.4, 0.5) is 11.4 Å². The van der Waals surface area contributed by atoms with Gasteiger partial charge in [0.2, 0.25) is 11.8 Å². The van der Waals surface area contributed by atoms with Crippen LogP contribution in [0.2, 0.25) is 5.02 Å². The number of aliphatic hydroxyl groups excluding tert-OH is 2. The predicted octanol–water partition coefficient (Wildman–Crippen LogP) is 4.26. The molecule has 1 saturated heterocycles.